The molecular weight excluding hydrogens is 435 g/mol. The maximum atomic E-state index is 13.7. The molecule has 0 fully saturated rings. The normalized spacial score (nSPS) is 11.8. The summed E-state index contributed by atoms with van der Waals surface area (Å²) < 4.78 is 70.8. The zero-order chi connectivity index (χ0) is 23.0. The highest BCUT2D eigenvalue weighted by Gasteiger charge is 2.38. The van der Waals surface area contributed by atoms with Gasteiger partial charge in [0.25, 0.3) is 0 Å². The van der Waals surface area contributed by atoms with Crippen LogP contribution in [0.2, 0.25) is 0 Å². The number of carbonyl (C=O) groups is 1. The summed E-state index contributed by atoms with van der Waals surface area (Å²) in [6.07, 6.45) is -3.04. The Morgan fingerprint density at radius 3 is 2.62 bits per heavy atom. The molecule has 1 N–H and O–H groups in total. The van der Waals surface area contributed by atoms with Gasteiger partial charge in [0, 0.05) is 40.8 Å². The molecule has 6 nitrogen and oxygen atoms in total. The van der Waals surface area contributed by atoms with Crippen LogP contribution in [0, 0.1) is 18.6 Å². The van der Waals surface area contributed by atoms with E-state index in [0.717, 1.165) is 23.1 Å². The third kappa shape index (κ3) is 4.32. The smallest absolute Gasteiger partial charge is 0.350 e. The van der Waals surface area contributed by atoms with E-state index in [2.05, 4.69) is 20.0 Å². The molecule has 166 valence electrons. The molecular formula is C21H15F5N4O2. The van der Waals surface area contributed by atoms with Crippen LogP contribution in [0.4, 0.5) is 22.0 Å². The van der Waals surface area contributed by atoms with E-state index in [9.17, 15) is 26.7 Å². The average Bonchev–Trinajstić information content (AvgIpc) is 3.33. The molecule has 1 amide bonds. The van der Waals surface area contributed by atoms with Crippen LogP contribution in [-0.4, -0.2) is 20.6 Å². The van der Waals surface area contributed by atoms with E-state index in [-0.39, 0.29) is 30.0 Å². The first-order valence-electron chi connectivity index (χ1n) is 9.33. The van der Waals surface area contributed by atoms with Crippen molar-refractivity contribution in [2.75, 3.05) is 0 Å². The zero-order valence-corrected chi connectivity index (χ0v) is 16.5. The quantitative estimate of drug-likeness (QED) is 0.451. The average molecular weight is 450 g/mol. The van der Waals surface area contributed by atoms with Gasteiger partial charge >= 0.3 is 12.1 Å². The van der Waals surface area contributed by atoms with E-state index >= 15 is 0 Å². The summed E-state index contributed by atoms with van der Waals surface area (Å²) in [5, 5.41) is 6.72. The molecule has 4 rings (SSSR count). The van der Waals surface area contributed by atoms with Crippen LogP contribution < -0.4 is 5.32 Å². The Labute approximate surface area is 177 Å². The summed E-state index contributed by atoms with van der Waals surface area (Å²) in [6, 6.07) is 7.87. The van der Waals surface area contributed by atoms with Gasteiger partial charge in [-0.3, -0.25) is 4.79 Å². The number of nitrogens with zero attached hydrogens (tertiary/aromatic N) is 3. The van der Waals surface area contributed by atoms with Crippen LogP contribution in [0.5, 0.6) is 0 Å². The first-order valence-corrected chi connectivity index (χ1v) is 9.33. The highest BCUT2D eigenvalue weighted by molar-refractivity contribution is 5.89. The zero-order valence-electron chi connectivity index (χ0n) is 16.5. The summed E-state index contributed by atoms with van der Waals surface area (Å²) >= 11 is 0. The number of hydrogen-bond acceptors (Lipinski definition) is 4. The fraction of sp³-hybridized carbons (Fsp3) is 0.190. The van der Waals surface area contributed by atoms with E-state index in [1.165, 1.54) is 6.07 Å². The van der Waals surface area contributed by atoms with Crippen molar-refractivity contribution in [1.82, 2.24) is 20.0 Å². The Hall–Kier alpha value is -3.76. The van der Waals surface area contributed by atoms with Crippen molar-refractivity contribution in [3.63, 3.8) is 0 Å². The summed E-state index contributed by atoms with van der Waals surface area (Å²) in [6.45, 7) is 1.56. The second kappa shape index (κ2) is 8.06. The molecule has 4 aromatic rings. The third-order valence-electron chi connectivity index (χ3n) is 4.81. The molecule has 0 aliphatic heterocycles. The molecule has 32 heavy (non-hydrogen) atoms. The van der Waals surface area contributed by atoms with Crippen molar-refractivity contribution < 1.29 is 31.3 Å². The fourth-order valence-corrected chi connectivity index (χ4v) is 3.27. The van der Waals surface area contributed by atoms with Gasteiger partial charge in [-0.05, 0) is 24.6 Å². The van der Waals surface area contributed by atoms with Crippen LogP contribution in [-0.2, 0) is 24.1 Å². The monoisotopic (exact) mass is 450 g/mol. The number of aryl methyl sites for hydroxylation is 1. The lowest BCUT2D eigenvalue weighted by Gasteiger charge is -2.09. The van der Waals surface area contributed by atoms with Gasteiger partial charge in [0.2, 0.25) is 11.7 Å². The second-order valence-corrected chi connectivity index (χ2v) is 7.11. The van der Waals surface area contributed by atoms with Gasteiger partial charge in [0.1, 0.15) is 18.2 Å². The number of benzene rings is 2. The minimum Gasteiger partial charge on any atom is -0.350 e. The molecule has 0 unspecified atom stereocenters. The molecule has 0 saturated carbocycles. The van der Waals surface area contributed by atoms with Crippen LogP contribution in [0.1, 0.15) is 17.0 Å². The van der Waals surface area contributed by atoms with E-state index in [1.807, 2.05) is 6.92 Å². The predicted molar refractivity (Wildman–Crippen MR) is 103 cm³/mol. The molecule has 0 atom stereocenters. The van der Waals surface area contributed by atoms with E-state index in [1.54, 1.807) is 29.0 Å². The van der Waals surface area contributed by atoms with Gasteiger partial charge in [0.05, 0.1) is 0 Å². The topological polar surface area (TPSA) is 73.0 Å². The molecule has 2 aromatic carbocycles. The third-order valence-corrected chi connectivity index (χ3v) is 4.81. The van der Waals surface area contributed by atoms with Crippen LogP contribution in [0.3, 0.4) is 0 Å². The number of nitrogens with one attached hydrogen (secondary N) is 1. The molecule has 0 saturated heterocycles. The van der Waals surface area contributed by atoms with Gasteiger partial charge < -0.3 is 14.4 Å². The first kappa shape index (κ1) is 21.5. The van der Waals surface area contributed by atoms with Crippen molar-refractivity contribution in [3.8, 4) is 11.4 Å². The Morgan fingerprint density at radius 1 is 1.16 bits per heavy atom. The molecule has 11 heteroatoms. The Bertz CT molecular complexity index is 1310. The van der Waals surface area contributed by atoms with Gasteiger partial charge in [-0.25, -0.2) is 8.78 Å². The Kier molecular flexibility index (Phi) is 5.41. The standard InChI is InChI=1S/C21H15F5N4O2/c1-11-9-30(10-18(31)27-8-13-2-4-14(22)7-16(13)23)17-6-12(3-5-15(11)17)19-28-20(32-29-19)21(24,25)26/h2-7,9H,8,10H2,1H3,(H,27,31). The molecule has 0 aliphatic carbocycles. The lowest BCUT2D eigenvalue weighted by atomic mass is 10.1. The van der Waals surface area contributed by atoms with E-state index < -0.39 is 29.6 Å². The van der Waals surface area contributed by atoms with Crippen LogP contribution in [0.25, 0.3) is 22.3 Å². The number of rotatable bonds is 5. The van der Waals surface area contributed by atoms with Gasteiger partial charge in [-0.2, -0.15) is 18.2 Å². The number of fused-ring (bicyclic) bond motifs is 1. The second-order valence-electron chi connectivity index (χ2n) is 7.11. The van der Waals surface area contributed by atoms with Gasteiger partial charge in [-0.15, -0.1) is 0 Å². The SMILES string of the molecule is Cc1cn(CC(=O)NCc2ccc(F)cc2F)c2cc(-c3noc(C(F)(F)F)n3)ccc12. The Balaban J connectivity index is 1.55. The number of halogens is 5. The number of amides is 1. The van der Waals surface area contributed by atoms with Crippen molar-refractivity contribution in [2.24, 2.45) is 0 Å². The summed E-state index contributed by atoms with van der Waals surface area (Å²) in [7, 11) is 0. The molecule has 0 aliphatic rings. The highest BCUT2D eigenvalue weighted by atomic mass is 19.4. The summed E-state index contributed by atoms with van der Waals surface area (Å²) in [4.78, 5) is 15.8. The first-order chi connectivity index (χ1) is 15.1. The molecule has 0 radical (unpaired) electrons. The van der Waals surface area contributed by atoms with Crippen molar-refractivity contribution in [1.29, 1.82) is 0 Å². The lowest BCUT2D eigenvalue weighted by Crippen LogP contribution is -2.27. The Morgan fingerprint density at radius 2 is 1.94 bits per heavy atom. The van der Waals surface area contributed by atoms with Crippen molar-refractivity contribution in [2.45, 2.75) is 26.2 Å². The fourth-order valence-electron chi connectivity index (χ4n) is 3.27. The summed E-state index contributed by atoms with van der Waals surface area (Å²) in [5.41, 5.74) is 1.83. The number of alkyl halides is 3. The number of hydrogen-bond donors (Lipinski definition) is 1. The molecule has 0 spiro atoms. The highest BCUT2D eigenvalue weighted by Crippen LogP contribution is 2.31. The van der Waals surface area contributed by atoms with Crippen LogP contribution >= 0.6 is 0 Å². The van der Waals surface area contributed by atoms with E-state index in [0.29, 0.717) is 5.52 Å². The predicted octanol–water partition coefficient (Wildman–Crippen LogP) is 4.61. The number of carbonyl (C=O) groups excluding carboxylic acids is 1. The lowest BCUT2D eigenvalue weighted by molar-refractivity contribution is -0.159. The van der Waals surface area contributed by atoms with Crippen molar-refractivity contribution in [3.05, 3.63) is 71.2 Å². The maximum absolute atomic E-state index is 13.7. The van der Waals surface area contributed by atoms with Gasteiger partial charge in [0.15, 0.2) is 0 Å². The van der Waals surface area contributed by atoms with Crippen molar-refractivity contribution >= 4 is 16.8 Å². The minimum absolute atomic E-state index is 0.128. The van der Waals surface area contributed by atoms with Crippen LogP contribution in [0.15, 0.2) is 47.1 Å². The minimum atomic E-state index is -4.76. The largest absolute Gasteiger partial charge is 0.471 e. The molecule has 2 heterocycles. The molecule has 0 bridgehead atoms. The summed E-state index contributed by atoms with van der Waals surface area (Å²) in [5.74, 6) is -3.61. The van der Waals surface area contributed by atoms with Gasteiger partial charge in [-0.1, -0.05) is 23.4 Å². The molecule has 2 aromatic heterocycles. The number of aromatic nitrogens is 3. The maximum Gasteiger partial charge on any atom is 0.471 e. The van der Waals surface area contributed by atoms with E-state index in [4.69, 9.17) is 0 Å².